The van der Waals surface area contributed by atoms with Gasteiger partial charge >= 0.3 is 5.97 Å². The van der Waals surface area contributed by atoms with E-state index >= 15 is 0 Å². The third-order valence-electron chi connectivity index (χ3n) is 5.24. The fourth-order valence-corrected chi connectivity index (χ4v) is 5.11. The number of hydrogen-bond donors (Lipinski definition) is 1. The maximum atomic E-state index is 12.6. The minimum Gasteiger partial charge on any atom is -0.481 e. The Kier molecular flexibility index (Phi) is 11.0. The Morgan fingerprint density at radius 3 is 2.19 bits per heavy atom. The molecule has 1 N–H and O–H groups in total. The molecule has 170 valence electrons. The van der Waals surface area contributed by atoms with Crippen molar-refractivity contribution >= 4 is 46.1 Å². The lowest BCUT2D eigenvalue weighted by Crippen LogP contribution is -2.32. The summed E-state index contributed by atoms with van der Waals surface area (Å²) in [6.45, 7) is 2.78. The number of rotatable bonds is 14. The molecule has 1 heterocycles. The number of imide groups is 1. The number of hydrogen-bond acceptors (Lipinski definition) is 6. The zero-order valence-corrected chi connectivity index (χ0v) is 19.6. The summed E-state index contributed by atoms with van der Waals surface area (Å²) in [6, 6.07) is 6.94. The van der Waals surface area contributed by atoms with Gasteiger partial charge in [0.2, 0.25) is 4.38 Å². The van der Waals surface area contributed by atoms with Crippen LogP contribution < -0.4 is 0 Å². The summed E-state index contributed by atoms with van der Waals surface area (Å²) < 4.78 is 5.93. The lowest BCUT2D eigenvalue weighted by molar-refractivity contribution is -0.137. The SMILES string of the molecule is CCOC(=S)SC(CCCCCCCCC(=O)O)CCN1C(=O)c2ccccc2C1=O. The van der Waals surface area contributed by atoms with Crippen molar-refractivity contribution in [1.82, 2.24) is 4.90 Å². The first-order valence-corrected chi connectivity index (χ1v) is 12.2. The summed E-state index contributed by atoms with van der Waals surface area (Å²) in [7, 11) is 0. The average molecular weight is 466 g/mol. The van der Waals surface area contributed by atoms with Crippen LogP contribution in [0.4, 0.5) is 0 Å². The highest BCUT2D eigenvalue weighted by atomic mass is 32.2. The lowest BCUT2D eigenvalue weighted by Gasteiger charge is -2.20. The van der Waals surface area contributed by atoms with Gasteiger partial charge in [0, 0.05) is 18.2 Å². The summed E-state index contributed by atoms with van der Waals surface area (Å²) in [5.74, 6) is -1.18. The number of ether oxygens (including phenoxy) is 1. The van der Waals surface area contributed by atoms with Crippen molar-refractivity contribution in [2.24, 2.45) is 0 Å². The van der Waals surface area contributed by atoms with Crippen LogP contribution in [0, 0.1) is 0 Å². The number of nitrogens with zero attached hydrogens (tertiary/aromatic N) is 1. The standard InChI is InChI=1S/C23H31NO5S2/c1-2-29-23(30)31-17(11-7-5-3-4-6-8-14-20(25)26)15-16-24-21(27)18-12-9-10-13-19(18)22(24)28/h9-10,12-13,17H,2-8,11,14-16H2,1H3,(H,25,26). The first-order valence-electron chi connectivity index (χ1n) is 10.9. The van der Waals surface area contributed by atoms with Gasteiger partial charge in [-0.2, -0.15) is 0 Å². The minimum absolute atomic E-state index is 0.176. The van der Waals surface area contributed by atoms with Crippen LogP contribution in [0.2, 0.25) is 0 Å². The third kappa shape index (κ3) is 8.26. The van der Waals surface area contributed by atoms with Crippen molar-refractivity contribution in [1.29, 1.82) is 0 Å². The van der Waals surface area contributed by atoms with Gasteiger partial charge in [-0.15, -0.1) is 0 Å². The van der Waals surface area contributed by atoms with E-state index in [4.69, 9.17) is 22.1 Å². The Morgan fingerprint density at radius 2 is 1.61 bits per heavy atom. The molecule has 1 atom stereocenters. The van der Waals surface area contributed by atoms with E-state index in [1.807, 2.05) is 6.92 Å². The predicted molar refractivity (Wildman–Crippen MR) is 127 cm³/mol. The Balaban J connectivity index is 1.79. The molecule has 31 heavy (non-hydrogen) atoms. The topological polar surface area (TPSA) is 83.9 Å². The molecule has 0 spiro atoms. The molecule has 0 saturated heterocycles. The molecule has 1 aromatic carbocycles. The number of thioether (sulfide) groups is 1. The van der Waals surface area contributed by atoms with Crippen molar-refractivity contribution in [3.63, 3.8) is 0 Å². The molecule has 0 radical (unpaired) electrons. The number of aliphatic carboxylic acids is 1. The van der Waals surface area contributed by atoms with E-state index in [2.05, 4.69) is 0 Å². The second-order valence-electron chi connectivity index (χ2n) is 7.57. The van der Waals surface area contributed by atoms with Gasteiger partial charge in [0.05, 0.1) is 17.7 Å². The number of carbonyl (C=O) groups excluding carboxylic acids is 2. The highest BCUT2D eigenvalue weighted by molar-refractivity contribution is 8.23. The number of carbonyl (C=O) groups is 3. The molecule has 1 unspecified atom stereocenters. The van der Waals surface area contributed by atoms with E-state index in [0.717, 1.165) is 44.9 Å². The quantitative estimate of drug-likeness (QED) is 0.227. The van der Waals surface area contributed by atoms with Crippen molar-refractivity contribution in [2.75, 3.05) is 13.2 Å². The van der Waals surface area contributed by atoms with E-state index in [-0.39, 0.29) is 23.5 Å². The molecule has 0 bridgehead atoms. The fraction of sp³-hybridized carbons (Fsp3) is 0.565. The molecule has 1 aliphatic heterocycles. The fourth-order valence-electron chi connectivity index (χ4n) is 3.62. The van der Waals surface area contributed by atoms with Gasteiger partial charge in [0.1, 0.15) is 0 Å². The van der Waals surface area contributed by atoms with Crippen LogP contribution in [0.15, 0.2) is 24.3 Å². The Bertz CT molecular complexity index is 748. The van der Waals surface area contributed by atoms with E-state index in [1.54, 1.807) is 24.3 Å². The van der Waals surface area contributed by atoms with Crippen molar-refractivity contribution < 1.29 is 24.2 Å². The molecule has 2 rings (SSSR count). The van der Waals surface area contributed by atoms with Crippen LogP contribution in [0.5, 0.6) is 0 Å². The van der Waals surface area contributed by atoms with Gasteiger partial charge in [0.25, 0.3) is 11.8 Å². The Labute approximate surface area is 193 Å². The van der Waals surface area contributed by atoms with E-state index in [9.17, 15) is 14.4 Å². The summed E-state index contributed by atoms with van der Waals surface area (Å²) in [5.41, 5.74) is 0.953. The van der Waals surface area contributed by atoms with Gasteiger partial charge in [-0.3, -0.25) is 19.3 Å². The van der Waals surface area contributed by atoms with Crippen molar-refractivity contribution in [2.45, 2.75) is 70.0 Å². The predicted octanol–water partition coefficient (Wildman–Crippen LogP) is 5.30. The number of unbranched alkanes of at least 4 members (excludes halogenated alkanes) is 5. The second kappa shape index (κ2) is 13.5. The molecule has 6 nitrogen and oxygen atoms in total. The summed E-state index contributed by atoms with van der Waals surface area (Å²) in [6.07, 6.45) is 7.72. The molecule has 1 aromatic rings. The normalized spacial score (nSPS) is 13.9. The molecule has 0 fully saturated rings. The molecule has 2 amide bonds. The number of fused-ring (bicyclic) bond motifs is 1. The van der Waals surface area contributed by atoms with Gasteiger partial charge < -0.3 is 9.84 Å². The lowest BCUT2D eigenvalue weighted by atomic mass is 10.1. The molecule has 0 saturated carbocycles. The van der Waals surface area contributed by atoms with Gasteiger partial charge in [-0.25, -0.2) is 0 Å². The zero-order valence-electron chi connectivity index (χ0n) is 18.0. The molecule has 0 aliphatic carbocycles. The van der Waals surface area contributed by atoms with Crippen LogP contribution in [0.1, 0.15) is 85.4 Å². The highest BCUT2D eigenvalue weighted by Gasteiger charge is 2.35. The highest BCUT2D eigenvalue weighted by Crippen LogP contribution is 2.27. The van der Waals surface area contributed by atoms with Crippen molar-refractivity contribution in [3.05, 3.63) is 35.4 Å². The van der Waals surface area contributed by atoms with Gasteiger partial charge in [-0.1, -0.05) is 56.0 Å². The number of carboxylic acids is 1. The monoisotopic (exact) mass is 465 g/mol. The Morgan fingerprint density at radius 1 is 1.03 bits per heavy atom. The Hall–Kier alpha value is -1.93. The molecular formula is C23H31NO5S2. The molecule has 1 aliphatic rings. The second-order valence-corrected chi connectivity index (χ2v) is 9.48. The van der Waals surface area contributed by atoms with Crippen LogP contribution in [0.3, 0.4) is 0 Å². The largest absolute Gasteiger partial charge is 0.481 e. The minimum atomic E-state index is -0.733. The van der Waals surface area contributed by atoms with E-state index < -0.39 is 5.97 Å². The van der Waals surface area contributed by atoms with Crippen molar-refractivity contribution in [3.8, 4) is 0 Å². The third-order valence-corrected chi connectivity index (χ3v) is 6.77. The number of amides is 2. The van der Waals surface area contributed by atoms with Crippen LogP contribution in [0.25, 0.3) is 0 Å². The molecule has 0 aromatic heterocycles. The maximum Gasteiger partial charge on any atom is 0.303 e. The van der Waals surface area contributed by atoms with Crippen LogP contribution in [-0.4, -0.2) is 50.6 Å². The first kappa shape index (κ1) is 25.3. The summed E-state index contributed by atoms with van der Waals surface area (Å²) in [4.78, 5) is 37.0. The van der Waals surface area contributed by atoms with E-state index in [1.165, 1.54) is 16.7 Å². The van der Waals surface area contributed by atoms with Gasteiger partial charge in [-0.05, 0) is 50.5 Å². The maximum absolute atomic E-state index is 12.6. The number of thiocarbonyl (C=S) groups is 1. The smallest absolute Gasteiger partial charge is 0.303 e. The summed E-state index contributed by atoms with van der Waals surface area (Å²) >= 11 is 6.81. The first-order chi connectivity index (χ1) is 14.9. The summed E-state index contributed by atoms with van der Waals surface area (Å²) in [5, 5.41) is 8.85. The number of carboxylic acid groups (broad SMARTS) is 1. The molecule has 8 heteroatoms. The van der Waals surface area contributed by atoms with E-state index in [0.29, 0.717) is 35.1 Å². The zero-order chi connectivity index (χ0) is 22.6. The van der Waals surface area contributed by atoms with Crippen LogP contribution in [-0.2, 0) is 9.53 Å². The van der Waals surface area contributed by atoms with Gasteiger partial charge in [0.15, 0.2) is 0 Å². The number of benzene rings is 1. The average Bonchev–Trinajstić information content (AvgIpc) is 2.98. The van der Waals surface area contributed by atoms with Crippen LogP contribution >= 0.6 is 24.0 Å². The molecular weight excluding hydrogens is 434 g/mol.